The number of carbonyl (C=O) groups excluding carboxylic acids is 5. The first-order chi connectivity index (χ1) is 30.4. The highest BCUT2D eigenvalue weighted by Crippen LogP contribution is 2.44. The number of hydrogen-bond acceptors (Lipinski definition) is 15. The summed E-state index contributed by atoms with van der Waals surface area (Å²) in [4.78, 5) is 88.8. The molecule has 3 atom stereocenters. The lowest BCUT2D eigenvalue weighted by molar-refractivity contribution is -0.159. The van der Waals surface area contributed by atoms with E-state index >= 15 is 0 Å². The molecule has 2 fully saturated rings. The van der Waals surface area contributed by atoms with E-state index in [0.29, 0.717) is 26.2 Å². The molecule has 17 nitrogen and oxygen atoms in total. The van der Waals surface area contributed by atoms with Crippen molar-refractivity contribution in [3.63, 3.8) is 0 Å². The number of benzene rings is 2. The third-order valence-electron chi connectivity index (χ3n) is 11.2. The molecule has 1 amide bonds. The molecule has 0 radical (unpaired) electrons. The molecule has 65 heavy (non-hydrogen) atoms. The number of carboxylic acids is 1. The monoisotopic (exact) mass is 907 g/mol. The Balaban J connectivity index is 1.46. The third-order valence-corrected chi connectivity index (χ3v) is 11.2. The van der Waals surface area contributed by atoms with E-state index < -0.39 is 70.9 Å². The lowest BCUT2D eigenvalue weighted by Crippen LogP contribution is -2.57. The van der Waals surface area contributed by atoms with E-state index in [9.17, 15) is 33.9 Å². The molecule has 0 aromatic heterocycles. The van der Waals surface area contributed by atoms with Crippen molar-refractivity contribution in [1.82, 2.24) is 24.5 Å². The minimum Gasteiger partial charge on any atom is -0.480 e. The van der Waals surface area contributed by atoms with Gasteiger partial charge in [0.15, 0.2) is 6.04 Å². The van der Waals surface area contributed by atoms with Gasteiger partial charge in [-0.15, -0.1) is 0 Å². The summed E-state index contributed by atoms with van der Waals surface area (Å²) in [6.45, 7) is 18.7. The van der Waals surface area contributed by atoms with Gasteiger partial charge < -0.3 is 28.8 Å². The summed E-state index contributed by atoms with van der Waals surface area (Å²) >= 11 is 0. The van der Waals surface area contributed by atoms with E-state index in [1.807, 2.05) is 68.1 Å². The molecule has 5 rings (SSSR count). The Morgan fingerprint density at radius 1 is 0.600 bits per heavy atom. The average molecular weight is 908 g/mol. The van der Waals surface area contributed by atoms with Gasteiger partial charge in [-0.2, -0.15) is 0 Å². The van der Waals surface area contributed by atoms with Crippen molar-refractivity contribution in [2.24, 2.45) is 0 Å². The van der Waals surface area contributed by atoms with Crippen LogP contribution in [0.4, 0.5) is 4.79 Å². The number of hydrogen-bond donors (Lipinski definition) is 1. The number of carboxylic acid groups (broad SMARTS) is 1. The largest absolute Gasteiger partial charge is 0.480 e. The van der Waals surface area contributed by atoms with Gasteiger partial charge in [0.05, 0.1) is 32.2 Å². The maximum absolute atomic E-state index is 14.2. The number of amides is 1. The Hall–Kier alpha value is -5.10. The second-order valence-corrected chi connectivity index (χ2v) is 20.0. The van der Waals surface area contributed by atoms with E-state index in [0.717, 1.165) is 27.2 Å². The number of esters is 4. The van der Waals surface area contributed by atoms with Crippen molar-refractivity contribution >= 4 is 35.9 Å². The van der Waals surface area contributed by atoms with Crippen LogP contribution in [-0.4, -0.2) is 186 Å². The zero-order valence-corrected chi connectivity index (χ0v) is 39.8. The van der Waals surface area contributed by atoms with Crippen molar-refractivity contribution in [3.05, 3.63) is 59.7 Å². The first kappa shape index (κ1) is 50.9. The van der Waals surface area contributed by atoms with Crippen LogP contribution in [0.2, 0.25) is 0 Å². The van der Waals surface area contributed by atoms with Crippen LogP contribution >= 0.6 is 0 Å². The second-order valence-electron chi connectivity index (χ2n) is 20.0. The molecule has 2 saturated heterocycles. The van der Waals surface area contributed by atoms with Gasteiger partial charge in [-0.25, -0.2) is 9.59 Å². The Kier molecular flexibility index (Phi) is 16.8. The normalized spacial score (nSPS) is 21.0. The van der Waals surface area contributed by atoms with Crippen LogP contribution in [0.1, 0.15) is 86.3 Å². The summed E-state index contributed by atoms with van der Waals surface area (Å²) in [5.74, 6) is -3.62. The Morgan fingerprint density at radius 2 is 0.985 bits per heavy atom. The molecule has 1 N–H and O–H groups in total. The number of rotatable bonds is 11. The van der Waals surface area contributed by atoms with Gasteiger partial charge in [0.25, 0.3) is 0 Å². The summed E-state index contributed by atoms with van der Waals surface area (Å²) in [6.07, 6.45) is -1.94. The summed E-state index contributed by atoms with van der Waals surface area (Å²) in [7, 11) is 0. The zero-order chi connectivity index (χ0) is 47.9. The summed E-state index contributed by atoms with van der Waals surface area (Å²) in [5.41, 5.74) is 1.84. The standard InChI is InChI=1S/C48H69N5O12/c1-32(54)62-38-27-53(45(60)61-31-37-35-17-13-11-15-33(35)34-16-12-14-18-36(34)37)43(44(58)59)42(38)52-25-23-50(29-40(56)64-47(5,6)7)21-19-49(28-39(55)63-46(2,3)4)20-22-51(24-26-52)30-41(57)65-48(8,9)10/h11-18,37-38,42-43H,19-31H2,1-10H3,(H,58,59)/t38-,42?,43-/m0/s1. The van der Waals surface area contributed by atoms with Gasteiger partial charge in [0.2, 0.25) is 0 Å². The molecule has 2 aromatic carbocycles. The lowest BCUT2D eigenvalue weighted by atomic mass is 9.98. The lowest BCUT2D eigenvalue weighted by Gasteiger charge is -2.38. The van der Waals surface area contributed by atoms with E-state index in [-0.39, 0.29) is 64.9 Å². The van der Waals surface area contributed by atoms with Crippen molar-refractivity contribution in [1.29, 1.82) is 0 Å². The molecular weight excluding hydrogens is 839 g/mol. The van der Waals surface area contributed by atoms with Crippen LogP contribution in [0, 0.1) is 0 Å². The van der Waals surface area contributed by atoms with E-state index in [1.165, 1.54) is 6.92 Å². The molecule has 2 heterocycles. The van der Waals surface area contributed by atoms with Crippen LogP contribution in [0.5, 0.6) is 0 Å². The van der Waals surface area contributed by atoms with Gasteiger partial charge in [-0.1, -0.05) is 48.5 Å². The van der Waals surface area contributed by atoms with Crippen molar-refractivity contribution in [2.45, 2.75) is 110 Å². The van der Waals surface area contributed by atoms with E-state index in [2.05, 4.69) is 0 Å². The first-order valence-corrected chi connectivity index (χ1v) is 22.5. The van der Waals surface area contributed by atoms with Gasteiger partial charge in [0.1, 0.15) is 29.5 Å². The highest BCUT2D eigenvalue weighted by Gasteiger charge is 2.53. The van der Waals surface area contributed by atoms with Crippen LogP contribution in [0.25, 0.3) is 11.1 Å². The second kappa shape index (κ2) is 21.5. The highest BCUT2D eigenvalue weighted by atomic mass is 16.6. The summed E-state index contributed by atoms with van der Waals surface area (Å²) in [6, 6.07) is 13.2. The van der Waals surface area contributed by atoms with Crippen molar-refractivity contribution in [3.8, 4) is 11.1 Å². The zero-order valence-electron chi connectivity index (χ0n) is 39.8. The molecule has 0 spiro atoms. The topological polar surface area (TPSA) is 185 Å². The number of carbonyl (C=O) groups is 6. The maximum Gasteiger partial charge on any atom is 0.410 e. The summed E-state index contributed by atoms with van der Waals surface area (Å²) < 4.78 is 28.9. The van der Waals surface area contributed by atoms with E-state index in [4.69, 9.17) is 23.7 Å². The molecule has 0 saturated carbocycles. The third kappa shape index (κ3) is 15.0. The molecule has 1 unspecified atom stereocenters. The van der Waals surface area contributed by atoms with Gasteiger partial charge in [-0.05, 0) is 84.6 Å². The number of aliphatic carboxylic acids is 1. The van der Waals surface area contributed by atoms with Crippen LogP contribution in [-0.2, 0) is 47.7 Å². The Morgan fingerprint density at radius 3 is 1.35 bits per heavy atom. The minimum atomic E-state index is -1.51. The highest BCUT2D eigenvalue weighted by molar-refractivity contribution is 5.83. The fourth-order valence-corrected chi connectivity index (χ4v) is 8.70. The molecule has 2 aromatic rings. The number of nitrogens with zero attached hydrogens (tertiary/aromatic N) is 5. The smallest absolute Gasteiger partial charge is 0.410 e. The average Bonchev–Trinajstić information content (AvgIpc) is 3.70. The van der Waals surface area contributed by atoms with Crippen LogP contribution in [0.3, 0.4) is 0 Å². The van der Waals surface area contributed by atoms with Crippen molar-refractivity contribution < 1.29 is 57.6 Å². The van der Waals surface area contributed by atoms with Gasteiger partial charge >= 0.3 is 35.9 Å². The van der Waals surface area contributed by atoms with Crippen molar-refractivity contribution in [2.75, 3.05) is 85.1 Å². The fraction of sp³-hybridized carbons (Fsp3) is 0.625. The van der Waals surface area contributed by atoms with Crippen LogP contribution in [0.15, 0.2) is 48.5 Å². The number of ether oxygens (including phenoxy) is 5. The number of fused-ring (bicyclic) bond motifs is 3. The molecule has 2 aliphatic heterocycles. The van der Waals surface area contributed by atoms with Crippen LogP contribution < -0.4 is 0 Å². The molecule has 1 aliphatic carbocycles. The number of likely N-dealkylation sites (tertiary alicyclic amines) is 1. The molecule has 3 aliphatic rings. The van der Waals surface area contributed by atoms with E-state index in [1.54, 1.807) is 62.3 Å². The predicted octanol–water partition coefficient (Wildman–Crippen LogP) is 4.25. The SMILES string of the molecule is CC(=O)O[C@H]1CN(C(=O)OCC2c3ccccc3-c3ccccc32)[C@H](C(=O)O)C1N1CCN(CC(=O)OC(C)(C)C)CCN(CC(=O)OC(C)(C)C)CCN(CC(=O)OC(C)(C)C)CC1. The molecule has 17 heteroatoms. The summed E-state index contributed by atoms with van der Waals surface area (Å²) in [5, 5.41) is 11.0. The fourth-order valence-electron chi connectivity index (χ4n) is 8.70. The minimum absolute atomic E-state index is 0.0396. The predicted molar refractivity (Wildman–Crippen MR) is 241 cm³/mol. The Labute approximate surface area is 383 Å². The Bertz CT molecular complexity index is 1930. The maximum atomic E-state index is 14.2. The van der Waals surface area contributed by atoms with Gasteiger partial charge in [0, 0.05) is 65.2 Å². The molecule has 358 valence electrons. The molecule has 0 bridgehead atoms. The quantitative estimate of drug-likeness (QED) is 0.249. The first-order valence-electron chi connectivity index (χ1n) is 22.5. The molecular formula is C48H69N5O12. The van der Waals surface area contributed by atoms with Gasteiger partial charge in [-0.3, -0.25) is 43.7 Å².